The lowest BCUT2D eigenvalue weighted by Crippen LogP contribution is -2.74. The van der Waals surface area contributed by atoms with E-state index in [2.05, 4.69) is 15.6 Å². The fraction of sp³-hybridized carbons (Fsp3) is 0.467. The van der Waals surface area contributed by atoms with Crippen molar-refractivity contribution in [3.63, 3.8) is 0 Å². The van der Waals surface area contributed by atoms with Crippen LogP contribution < -0.4 is 10.6 Å². The zero-order valence-corrected chi connectivity index (χ0v) is 25.0. The number of amides is 2. The molecule has 0 bridgehead atoms. The molecule has 43 heavy (non-hydrogen) atoms. The number of halogens is 3. The lowest BCUT2D eigenvalue weighted by Gasteiger charge is -2.60. The van der Waals surface area contributed by atoms with Crippen LogP contribution in [0.1, 0.15) is 39.5 Å². The monoisotopic (exact) mass is 616 g/mol. The molecule has 10 nitrogen and oxygen atoms in total. The molecule has 3 fully saturated rings. The maximum Gasteiger partial charge on any atom is 0.255 e. The number of aromatic nitrogens is 2. The first kappa shape index (κ1) is 30.8. The molecule has 3 unspecified atom stereocenters. The molecule has 1 spiro atoms. The van der Waals surface area contributed by atoms with Crippen molar-refractivity contribution in [2.75, 3.05) is 52.2 Å². The fourth-order valence-corrected chi connectivity index (χ4v) is 6.27. The molecule has 2 aromatic rings. The van der Waals surface area contributed by atoms with E-state index in [1.807, 2.05) is 22.9 Å². The minimum Gasteiger partial charge on any atom is -0.388 e. The number of nitrogens with zero attached hydrogens (tertiary/aromatic N) is 4. The van der Waals surface area contributed by atoms with Gasteiger partial charge in [-0.1, -0.05) is 23.8 Å². The number of ether oxygens (including phenoxy) is 1. The Morgan fingerprint density at radius 2 is 1.95 bits per heavy atom. The SMILES string of the molecule is CNc1ccc(C(=O)N2CC3(C2)CN(C(=O)C2CCCN2)C3)c(Cl)c1.COC1C=CC(c2cnc(C=O)n2C)=C(F)C1F. The van der Waals surface area contributed by atoms with Gasteiger partial charge in [0.15, 0.2) is 18.3 Å². The summed E-state index contributed by atoms with van der Waals surface area (Å²) in [7, 11) is 4.70. The third-order valence-electron chi connectivity index (χ3n) is 8.47. The highest BCUT2D eigenvalue weighted by atomic mass is 35.5. The number of likely N-dealkylation sites (tertiary alicyclic amines) is 2. The van der Waals surface area contributed by atoms with Gasteiger partial charge in [-0.15, -0.1) is 0 Å². The Hall–Kier alpha value is -3.61. The number of allylic oxidation sites excluding steroid dienone is 2. The number of benzene rings is 1. The average Bonchev–Trinajstić information content (AvgIpc) is 3.63. The van der Waals surface area contributed by atoms with Gasteiger partial charge in [0.05, 0.1) is 28.5 Å². The number of imidazole rings is 1. The molecule has 6 rings (SSSR count). The van der Waals surface area contributed by atoms with Gasteiger partial charge in [-0.25, -0.2) is 13.8 Å². The Kier molecular flexibility index (Phi) is 9.00. The second-order valence-electron chi connectivity index (χ2n) is 11.4. The predicted octanol–water partition coefficient (Wildman–Crippen LogP) is 3.25. The van der Waals surface area contributed by atoms with Gasteiger partial charge >= 0.3 is 0 Å². The Morgan fingerprint density at radius 1 is 1.23 bits per heavy atom. The maximum atomic E-state index is 13.9. The molecule has 0 radical (unpaired) electrons. The molecule has 1 aromatic carbocycles. The number of aldehydes is 1. The van der Waals surface area contributed by atoms with Crippen LogP contribution in [0.2, 0.25) is 5.02 Å². The van der Waals surface area contributed by atoms with Crippen LogP contribution in [0.4, 0.5) is 14.5 Å². The first-order valence-corrected chi connectivity index (χ1v) is 14.5. The van der Waals surface area contributed by atoms with Crippen LogP contribution in [0.3, 0.4) is 0 Å². The second kappa shape index (κ2) is 12.6. The second-order valence-corrected chi connectivity index (χ2v) is 11.8. The van der Waals surface area contributed by atoms with Gasteiger partial charge in [0.1, 0.15) is 11.9 Å². The van der Waals surface area contributed by atoms with Gasteiger partial charge < -0.3 is 29.7 Å². The van der Waals surface area contributed by atoms with Crippen molar-refractivity contribution in [3.05, 3.63) is 64.5 Å². The Balaban J connectivity index is 0.000000181. The number of nitrogens with one attached hydrogen (secondary N) is 2. The minimum atomic E-state index is -1.84. The molecule has 1 aliphatic carbocycles. The molecule has 13 heteroatoms. The smallest absolute Gasteiger partial charge is 0.255 e. The van der Waals surface area contributed by atoms with E-state index in [1.54, 1.807) is 19.2 Å². The maximum absolute atomic E-state index is 13.9. The molecule has 2 amide bonds. The van der Waals surface area contributed by atoms with Crippen LogP contribution in [-0.2, 0) is 16.6 Å². The summed E-state index contributed by atoms with van der Waals surface area (Å²) in [6.07, 6.45) is 4.01. The average molecular weight is 617 g/mol. The predicted molar refractivity (Wildman–Crippen MR) is 158 cm³/mol. The van der Waals surface area contributed by atoms with Crippen molar-refractivity contribution in [1.29, 1.82) is 0 Å². The molecule has 0 saturated carbocycles. The van der Waals surface area contributed by atoms with Crippen molar-refractivity contribution < 1.29 is 27.9 Å². The van der Waals surface area contributed by atoms with Crippen LogP contribution >= 0.6 is 11.6 Å². The Bertz CT molecular complexity index is 1460. The van der Waals surface area contributed by atoms with Crippen LogP contribution in [0.25, 0.3) is 5.57 Å². The largest absolute Gasteiger partial charge is 0.388 e. The lowest BCUT2D eigenvalue weighted by molar-refractivity contribution is -0.156. The van der Waals surface area contributed by atoms with E-state index in [1.165, 1.54) is 30.0 Å². The number of carbonyl (C=O) groups excluding carboxylic acids is 3. The van der Waals surface area contributed by atoms with E-state index < -0.39 is 18.1 Å². The first-order valence-electron chi connectivity index (χ1n) is 14.1. The number of rotatable bonds is 6. The van der Waals surface area contributed by atoms with Gasteiger partial charge in [-0.3, -0.25) is 14.4 Å². The summed E-state index contributed by atoms with van der Waals surface area (Å²) < 4.78 is 33.8. The van der Waals surface area contributed by atoms with E-state index in [-0.39, 0.29) is 34.7 Å². The summed E-state index contributed by atoms with van der Waals surface area (Å²) in [5.41, 5.74) is 1.96. The standard InChI is InChI=1S/C18H23ClN4O2.C12H12F2N2O2/c1-20-12-4-5-13(14(19)7-12)16(24)22-8-18(9-22)10-23(11-18)17(25)15-3-2-6-21-15;1-16-8(5-15-10(16)6-17)7-3-4-9(18-2)12(14)11(7)13/h4-5,7,15,20-21H,2-3,6,8-11H2,1H3;3-6,9,12H,1-2H3. The van der Waals surface area contributed by atoms with Crippen molar-refractivity contribution in [1.82, 2.24) is 24.7 Å². The van der Waals surface area contributed by atoms with Crippen LogP contribution in [0.5, 0.6) is 0 Å². The Morgan fingerprint density at radius 3 is 2.53 bits per heavy atom. The van der Waals surface area contributed by atoms with Gasteiger partial charge in [0.2, 0.25) is 5.91 Å². The highest BCUT2D eigenvalue weighted by Gasteiger charge is 2.55. The highest BCUT2D eigenvalue weighted by molar-refractivity contribution is 6.34. The summed E-state index contributed by atoms with van der Waals surface area (Å²) in [6, 6.07) is 5.39. The number of carbonyl (C=O) groups is 3. The molecule has 4 aliphatic rings. The third-order valence-corrected chi connectivity index (χ3v) is 8.78. The number of alkyl halides is 1. The molecule has 2 N–H and O–H groups in total. The summed E-state index contributed by atoms with van der Waals surface area (Å²) >= 11 is 6.24. The molecular weight excluding hydrogens is 582 g/mol. The number of methoxy groups -OCH3 is 1. The Labute approximate surface area is 253 Å². The molecular formula is C30H35ClF2N6O4. The van der Waals surface area contributed by atoms with Crippen LogP contribution in [-0.4, -0.2) is 103 Å². The number of hydrogen-bond donors (Lipinski definition) is 2. The van der Waals surface area contributed by atoms with Crippen molar-refractivity contribution in [2.24, 2.45) is 12.5 Å². The van der Waals surface area contributed by atoms with Gasteiger partial charge in [-0.2, -0.15) is 0 Å². The summed E-state index contributed by atoms with van der Waals surface area (Å²) in [4.78, 5) is 43.2. The molecule has 3 aliphatic heterocycles. The number of hydrogen-bond acceptors (Lipinski definition) is 7. The van der Waals surface area contributed by atoms with Gasteiger partial charge in [-0.05, 0) is 37.6 Å². The van der Waals surface area contributed by atoms with Crippen molar-refractivity contribution >= 4 is 41.0 Å². The van der Waals surface area contributed by atoms with E-state index in [4.69, 9.17) is 16.3 Å². The number of anilines is 1. The third kappa shape index (κ3) is 5.96. The fourth-order valence-electron chi connectivity index (χ4n) is 6.01. The quantitative estimate of drug-likeness (QED) is 0.480. The van der Waals surface area contributed by atoms with Gasteiger partial charge in [0, 0.05) is 64.1 Å². The minimum absolute atomic E-state index is 0.000317. The molecule has 3 atom stereocenters. The normalized spacial score (nSPS) is 23.8. The van der Waals surface area contributed by atoms with Crippen molar-refractivity contribution in [2.45, 2.75) is 31.2 Å². The summed E-state index contributed by atoms with van der Waals surface area (Å²) in [5.74, 6) is -0.563. The topological polar surface area (TPSA) is 109 Å². The zero-order valence-electron chi connectivity index (χ0n) is 24.3. The molecule has 230 valence electrons. The molecule has 4 heterocycles. The van der Waals surface area contributed by atoms with E-state index in [0.29, 0.717) is 35.7 Å². The van der Waals surface area contributed by atoms with Gasteiger partial charge in [0.25, 0.3) is 5.91 Å². The van der Waals surface area contributed by atoms with Crippen molar-refractivity contribution in [3.8, 4) is 0 Å². The first-order chi connectivity index (χ1) is 20.6. The zero-order chi connectivity index (χ0) is 30.9. The van der Waals surface area contributed by atoms with E-state index in [9.17, 15) is 23.2 Å². The lowest BCUT2D eigenvalue weighted by atomic mass is 9.72. The summed E-state index contributed by atoms with van der Waals surface area (Å²) in [5, 5.41) is 6.73. The molecule has 3 saturated heterocycles. The van der Waals surface area contributed by atoms with E-state index in [0.717, 1.165) is 38.2 Å². The van der Waals surface area contributed by atoms with Crippen LogP contribution in [0.15, 0.2) is 42.4 Å². The van der Waals surface area contributed by atoms with E-state index >= 15 is 0 Å². The molecule has 1 aromatic heterocycles. The van der Waals surface area contributed by atoms with Crippen LogP contribution in [0, 0.1) is 5.41 Å². The summed E-state index contributed by atoms with van der Waals surface area (Å²) in [6.45, 7) is 3.88. The highest BCUT2D eigenvalue weighted by Crippen LogP contribution is 2.41.